The molecule has 0 fully saturated rings. The highest BCUT2D eigenvalue weighted by atomic mass is 35.5. The lowest BCUT2D eigenvalue weighted by atomic mass is 10.0. The van der Waals surface area contributed by atoms with Crippen LogP contribution in [0.5, 0.6) is 11.5 Å². The molecule has 134 valence electrons. The van der Waals surface area contributed by atoms with Crippen molar-refractivity contribution in [1.29, 1.82) is 0 Å². The Morgan fingerprint density at radius 2 is 1.74 bits per heavy atom. The predicted molar refractivity (Wildman–Crippen MR) is 110 cm³/mol. The van der Waals surface area contributed by atoms with Crippen LogP contribution in [0.1, 0.15) is 16.7 Å². The summed E-state index contributed by atoms with van der Waals surface area (Å²) in [5, 5.41) is 2.92. The van der Waals surface area contributed by atoms with Crippen molar-refractivity contribution in [2.75, 3.05) is 11.2 Å². The molecule has 3 aromatic carbocycles. The SMILES string of the molecule is O=C1Nc2ccc(CCCl)cc2C1=Cc1cccc(Oc2ccccc2)c1. The van der Waals surface area contributed by atoms with Gasteiger partial charge in [-0.3, -0.25) is 4.79 Å². The van der Waals surface area contributed by atoms with Gasteiger partial charge in [-0.2, -0.15) is 0 Å². The third kappa shape index (κ3) is 3.88. The van der Waals surface area contributed by atoms with Crippen LogP contribution in [0.15, 0.2) is 72.8 Å². The van der Waals surface area contributed by atoms with E-state index in [4.69, 9.17) is 16.3 Å². The van der Waals surface area contributed by atoms with Crippen molar-refractivity contribution in [2.24, 2.45) is 0 Å². The monoisotopic (exact) mass is 375 g/mol. The van der Waals surface area contributed by atoms with Crippen molar-refractivity contribution < 1.29 is 9.53 Å². The van der Waals surface area contributed by atoms with Gasteiger partial charge in [-0.15, -0.1) is 11.6 Å². The Morgan fingerprint density at radius 1 is 0.926 bits per heavy atom. The molecule has 4 heteroatoms. The van der Waals surface area contributed by atoms with Crippen LogP contribution in [0, 0.1) is 0 Å². The lowest BCUT2D eigenvalue weighted by molar-refractivity contribution is -0.110. The van der Waals surface area contributed by atoms with E-state index >= 15 is 0 Å². The van der Waals surface area contributed by atoms with Crippen LogP contribution in [0.2, 0.25) is 0 Å². The Bertz CT molecular complexity index is 1010. The van der Waals surface area contributed by atoms with Gasteiger partial charge in [0.2, 0.25) is 0 Å². The fraction of sp³-hybridized carbons (Fsp3) is 0.0870. The highest BCUT2D eigenvalue weighted by Gasteiger charge is 2.24. The summed E-state index contributed by atoms with van der Waals surface area (Å²) in [6.45, 7) is 0. The van der Waals surface area contributed by atoms with Crippen molar-refractivity contribution in [2.45, 2.75) is 6.42 Å². The van der Waals surface area contributed by atoms with Crippen molar-refractivity contribution >= 4 is 34.8 Å². The van der Waals surface area contributed by atoms with Crippen LogP contribution in [-0.4, -0.2) is 11.8 Å². The number of halogens is 1. The molecule has 0 aliphatic carbocycles. The van der Waals surface area contributed by atoms with Crippen LogP contribution in [0.4, 0.5) is 5.69 Å². The first-order valence-electron chi connectivity index (χ1n) is 8.78. The number of amides is 1. The molecule has 1 aliphatic rings. The van der Waals surface area contributed by atoms with Gasteiger partial charge in [0.15, 0.2) is 0 Å². The third-order valence-corrected chi connectivity index (χ3v) is 4.59. The largest absolute Gasteiger partial charge is 0.457 e. The van der Waals surface area contributed by atoms with Gasteiger partial charge in [-0.05, 0) is 60.0 Å². The molecule has 0 unspecified atom stereocenters. The minimum atomic E-state index is -0.0950. The number of fused-ring (bicyclic) bond motifs is 1. The van der Waals surface area contributed by atoms with Gasteiger partial charge in [-0.1, -0.05) is 36.4 Å². The molecule has 0 saturated carbocycles. The smallest absolute Gasteiger partial charge is 0.256 e. The second-order valence-corrected chi connectivity index (χ2v) is 6.70. The maximum absolute atomic E-state index is 12.4. The van der Waals surface area contributed by atoms with E-state index in [1.165, 1.54) is 0 Å². The van der Waals surface area contributed by atoms with Crippen molar-refractivity contribution in [3.63, 3.8) is 0 Å². The quantitative estimate of drug-likeness (QED) is 0.455. The predicted octanol–water partition coefficient (Wildman–Crippen LogP) is 5.75. The fourth-order valence-corrected chi connectivity index (χ4v) is 3.32. The molecule has 1 amide bonds. The fourth-order valence-electron chi connectivity index (χ4n) is 3.10. The zero-order valence-corrected chi connectivity index (χ0v) is 15.4. The summed E-state index contributed by atoms with van der Waals surface area (Å²) in [5.41, 5.74) is 4.42. The number of hydrogen-bond acceptors (Lipinski definition) is 2. The summed E-state index contributed by atoms with van der Waals surface area (Å²) in [5.74, 6) is 1.96. The molecule has 0 radical (unpaired) electrons. The maximum atomic E-state index is 12.4. The van der Waals surface area contributed by atoms with Crippen LogP contribution >= 0.6 is 11.6 Å². The van der Waals surface area contributed by atoms with E-state index in [-0.39, 0.29) is 5.91 Å². The van der Waals surface area contributed by atoms with Crippen molar-refractivity contribution in [3.8, 4) is 11.5 Å². The molecule has 0 spiro atoms. The summed E-state index contributed by atoms with van der Waals surface area (Å²) in [6.07, 6.45) is 2.67. The second kappa shape index (κ2) is 7.68. The van der Waals surface area contributed by atoms with Gasteiger partial charge in [-0.25, -0.2) is 0 Å². The van der Waals surface area contributed by atoms with Gasteiger partial charge in [0.25, 0.3) is 5.91 Å². The van der Waals surface area contributed by atoms with E-state index in [2.05, 4.69) is 5.32 Å². The van der Waals surface area contributed by atoms with Crippen LogP contribution in [0.25, 0.3) is 11.6 Å². The zero-order valence-electron chi connectivity index (χ0n) is 14.6. The number of rotatable bonds is 5. The number of aryl methyl sites for hydroxylation is 1. The number of para-hydroxylation sites is 1. The summed E-state index contributed by atoms with van der Waals surface area (Å²) in [6, 6.07) is 23.3. The topological polar surface area (TPSA) is 38.3 Å². The Morgan fingerprint density at radius 3 is 2.56 bits per heavy atom. The highest BCUT2D eigenvalue weighted by Crippen LogP contribution is 2.34. The normalized spacial score (nSPS) is 14.1. The molecule has 0 bridgehead atoms. The van der Waals surface area contributed by atoms with Gasteiger partial charge in [0, 0.05) is 22.7 Å². The standard InChI is InChI=1S/C23H18ClNO2/c24-12-11-16-9-10-22-20(14-16)21(23(26)25-22)15-17-5-4-8-19(13-17)27-18-6-2-1-3-7-18/h1-10,13-15H,11-12H2,(H,25,26). The molecule has 1 heterocycles. The Hall–Kier alpha value is -3.04. The van der Waals surface area contributed by atoms with E-state index in [9.17, 15) is 4.79 Å². The first-order chi connectivity index (χ1) is 13.2. The van der Waals surface area contributed by atoms with Gasteiger partial charge < -0.3 is 10.1 Å². The van der Waals surface area contributed by atoms with Crippen molar-refractivity contribution in [1.82, 2.24) is 0 Å². The molecular weight excluding hydrogens is 358 g/mol. The minimum absolute atomic E-state index is 0.0950. The van der Waals surface area contributed by atoms with Gasteiger partial charge in [0.05, 0.1) is 0 Å². The number of carbonyl (C=O) groups is 1. The molecule has 27 heavy (non-hydrogen) atoms. The molecule has 0 atom stereocenters. The summed E-state index contributed by atoms with van der Waals surface area (Å²) >= 11 is 5.85. The minimum Gasteiger partial charge on any atom is -0.457 e. The Kier molecular flexibility index (Phi) is 4.95. The van der Waals surface area contributed by atoms with E-state index in [1.807, 2.05) is 78.9 Å². The molecule has 0 aromatic heterocycles. The average Bonchev–Trinajstić information content (AvgIpc) is 2.98. The molecule has 1 N–H and O–H groups in total. The molecule has 1 aliphatic heterocycles. The van der Waals surface area contributed by atoms with E-state index in [0.29, 0.717) is 11.5 Å². The number of ether oxygens (including phenoxy) is 1. The number of nitrogens with one attached hydrogen (secondary N) is 1. The Balaban J connectivity index is 1.65. The highest BCUT2D eigenvalue weighted by molar-refractivity contribution is 6.35. The lowest BCUT2D eigenvalue weighted by Gasteiger charge is -2.07. The molecule has 4 rings (SSSR count). The summed E-state index contributed by atoms with van der Waals surface area (Å²) < 4.78 is 5.89. The van der Waals surface area contributed by atoms with Crippen LogP contribution in [0.3, 0.4) is 0 Å². The van der Waals surface area contributed by atoms with E-state index in [0.717, 1.165) is 40.3 Å². The van der Waals surface area contributed by atoms with E-state index < -0.39 is 0 Å². The van der Waals surface area contributed by atoms with Crippen LogP contribution < -0.4 is 10.1 Å². The molecule has 0 saturated heterocycles. The lowest BCUT2D eigenvalue weighted by Crippen LogP contribution is -2.03. The van der Waals surface area contributed by atoms with Gasteiger partial charge >= 0.3 is 0 Å². The first-order valence-corrected chi connectivity index (χ1v) is 9.32. The number of benzene rings is 3. The number of alkyl halides is 1. The van der Waals surface area contributed by atoms with Crippen LogP contribution in [-0.2, 0) is 11.2 Å². The second-order valence-electron chi connectivity index (χ2n) is 6.32. The maximum Gasteiger partial charge on any atom is 0.256 e. The number of hydrogen-bond donors (Lipinski definition) is 1. The van der Waals surface area contributed by atoms with E-state index in [1.54, 1.807) is 0 Å². The Labute approximate surface area is 163 Å². The molecule has 3 aromatic rings. The average molecular weight is 376 g/mol. The van der Waals surface area contributed by atoms with Crippen molar-refractivity contribution in [3.05, 3.63) is 89.5 Å². The van der Waals surface area contributed by atoms with Gasteiger partial charge in [0.1, 0.15) is 11.5 Å². The molecule has 3 nitrogen and oxygen atoms in total. The summed E-state index contributed by atoms with van der Waals surface area (Å²) in [7, 11) is 0. The number of anilines is 1. The summed E-state index contributed by atoms with van der Waals surface area (Å²) in [4.78, 5) is 12.4. The third-order valence-electron chi connectivity index (χ3n) is 4.40. The zero-order chi connectivity index (χ0) is 18.6. The first kappa shape index (κ1) is 17.4. The molecular formula is C23H18ClNO2. The number of carbonyl (C=O) groups excluding carboxylic acids is 1.